The zero-order valence-electron chi connectivity index (χ0n) is 24.2. The molecule has 0 spiro atoms. The summed E-state index contributed by atoms with van der Waals surface area (Å²) in [6.07, 6.45) is -8.46. The van der Waals surface area contributed by atoms with E-state index in [4.69, 9.17) is 15.2 Å². The van der Waals surface area contributed by atoms with Gasteiger partial charge in [0.2, 0.25) is 5.91 Å². The molecule has 0 aromatic heterocycles. The van der Waals surface area contributed by atoms with Crippen LogP contribution in [-0.2, 0) is 25.5 Å². The Labute approximate surface area is 242 Å². The molecule has 12 heteroatoms. The van der Waals surface area contributed by atoms with Gasteiger partial charge in [0.1, 0.15) is 23.2 Å². The lowest BCUT2D eigenvalue weighted by Gasteiger charge is -2.29. The zero-order chi connectivity index (χ0) is 31.8. The molecule has 42 heavy (non-hydrogen) atoms. The van der Waals surface area contributed by atoms with Gasteiger partial charge >= 0.3 is 12.1 Å². The van der Waals surface area contributed by atoms with Gasteiger partial charge in [-0.25, -0.2) is 9.18 Å². The van der Waals surface area contributed by atoms with E-state index in [0.717, 1.165) is 0 Å². The summed E-state index contributed by atoms with van der Waals surface area (Å²) in [7, 11) is 0. The van der Waals surface area contributed by atoms with Gasteiger partial charge in [0, 0.05) is 12.3 Å². The molecule has 0 unspecified atom stereocenters. The molecule has 0 bridgehead atoms. The number of ketones is 1. The number of hydrogen-bond acceptors (Lipinski definition) is 7. The fourth-order valence-electron chi connectivity index (χ4n) is 4.18. The Morgan fingerprint density at radius 3 is 2.17 bits per heavy atom. The first-order valence-electron chi connectivity index (χ1n) is 13.4. The van der Waals surface area contributed by atoms with Gasteiger partial charge in [-0.1, -0.05) is 38.1 Å². The Bertz CT molecular complexity index is 1210. The van der Waals surface area contributed by atoms with Crippen LogP contribution >= 0.6 is 0 Å². The topological polar surface area (TPSA) is 128 Å². The number of Topliss-reactive ketones (excluding diaryl/α,β-unsaturated/α-hetero) is 1. The molecule has 0 aliphatic heterocycles. The minimum absolute atomic E-state index is 0.0661. The van der Waals surface area contributed by atoms with E-state index in [1.807, 2.05) is 0 Å². The number of aliphatic hydroxyl groups excluding tert-OH is 1. The molecular weight excluding hydrogens is 560 g/mol. The van der Waals surface area contributed by atoms with Crippen molar-refractivity contribution in [2.75, 3.05) is 6.61 Å². The van der Waals surface area contributed by atoms with Crippen LogP contribution in [0, 0.1) is 17.7 Å². The maximum absolute atomic E-state index is 13.6. The second-order valence-electron chi connectivity index (χ2n) is 11.4. The number of hydrogen-bond donors (Lipinski definition) is 3. The molecule has 2 aromatic rings. The van der Waals surface area contributed by atoms with Crippen molar-refractivity contribution in [1.82, 2.24) is 5.32 Å². The summed E-state index contributed by atoms with van der Waals surface area (Å²) in [5, 5.41) is 12.4. The summed E-state index contributed by atoms with van der Waals surface area (Å²) >= 11 is 0. The molecule has 0 fully saturated rings. The third kappa shape index (κ3) is 11.1. The average Bonchev–Trinajstić information content (AvgIpc) is 2.87. The smallest absolute Gasteiger partial charge is 0.414 e. The van der Waals surface area contributed by atoms with Gasteiger partial charge in [-0.05, 0) is 68.5 Å². The highest BCUT2D eigenvalue weighted by Crippen LogP contribution is 2.33. The van der Waals surface area contributed by atoms with Crippen LogP contribution in [0.3, 0.4) is 0 Å². The van der Waals surface area contributed by atoms with Gasteiger partial charge in [0.05, 0.1) is 6.04 Å². The second-order valence-corrected chi connectivity index (χ2v) is 11.4. The first-order valence-corrected chi connectivity index (χ1v) is 13.4. The number of rotatable bonds is 13. The summed E-state index contributed by atoms with van der Waals surface area (Å²) < 4.78 is 64.2. The molecule has 232 valence electrons. The number of nitrogens with one attached hydrogen (secondary N) is 1. The Kier molecular flexibility index (Phi) is 12.1. The molecule has 4 atom stereocenters. The standard InChI is InChI=1S/C30H38F4N2O6/c1-17(2)22(27(39)30(32,33)34)15-24(37)26(36-28(40)23(35)14-18-7-6-8-20(31)13-18)19-9-11-21(12-10-19)41-16-25(38)42-29(3,4)5/h6-13,17,22-23,26-27,39H,14-16,35H2,1-5H3,(H,36,40)/t22-,23-,26-,27-/m0/s1. The predicted octanol–water partition coefficient (Wildman–Crippen LogP) is 4.43. The molecule has 2 aromatic carbocycles. The molecule has 1 amide bonds. The van der Waals surface area contributed by atoms with E-state index in [9.17, 15) is 37.1 Å². The third-order valence-corrected chi connectivity index (χ3v) is 6.31. The quantitative estimate of drug-likeness (QED) is 0.230. The Balaban J connectivity index is 2.28. The van der Waals surface area contributed by atoms with Crippen LogP contribution in [0.25, 0.3) is 0 Å². The predicted molar refractivity (Wildman–Crippen MR) is 147 cm³/mol. The summed E-state index contributed by atoms with van der Waals surface area (Å²) in [5.41, 5.74) is 5.95. The first-order chi connectivity index (χ1) is 19.4. The summed E-state index contributed by atoms with van der Waals surface area (Å²) in [6, 6.07) is 8.49. The van der Waals surface area contributed by atoms with Gasteiger partial charge in [-0.3, -0.25) is 9.59 Å². The highest BCUT2D eigenvalue weighted by molar-refractivity contribution is 5.92. The molecule has 0 aliphatic rings. The largest absolute Gasteiger partial charge is 0.482 e. The van der Waals surface area contributed by atoms with Crippen molar-refractivity contribution in [3.63, 3.8) is 0 Å². The van der Waals surface area contributed by atoms with Gasteiger partial charge in [0.15, 0.2) is 18.5 Å². The monoisotopic (exact) mass is 598 g/mol. The maximum atomic E-state index is 13.6. The van der Waals surface area contributed by atoms with Crippen molar-refractivity contribution in [2.24, 2.45) is 17.6 Å². The van der Waals surface area contributed by atoms with Crippen LogP contribution < -0.4 is 15.8 Å². The van der Waals surface area contributed by atoms with E-state index in [0.29, 0.717) is 5.56 Å². The number of ether oxygens (including phenoxy) is 2. The lowest BCUT2D eigenvalue weighted by Crippen LogP contribution is -2.46. The van der Waals surface area contributed by atoms with E-state index < -0.39 is 78.3 Å². The van der Waals surface area contributed by atoms with E-state index in [2.05, 4.69) is 5.32 Å². The fraction of sp³-hybridized carbons (Fsp3) is 0.500. The number of esters is 1. The van der Waals surface area contributed by atoms with Crippen LogP contribution in [0.2, 0.25) is 0 Å². The minimum atomic E-state index is -4.95. The lowest BCUT2D eigenvalue weighted by atomic mass is 9.83. The first kappa shape index (κ1) is 34.7. The average molecular weight is 599 g/mol. The molecule has 0 heterocycles. The normalized spacial score (nSPS) is 15.0. The van der Waals surface area contributed by atoms with E-state index in [1.54, 1.807) is 26.8 Å². The number of alkyl halides is 3. The van der Waals surface area contributed by atoms with E-state index in [1.165, 1.54) is 56.3 Å². The van der Waals surface area contributed by atoms with Crippen LogP contribution in [0.4, 0.5) is 17.6 Å². The van der Waals surface area contributed by atoms with Crippen molar-refractivity contribution in [3.8, 4) is 5.75 Å². The third-order valence-electron chi connectivity index (χ3n) is 6.31. The van der Waals surface area contributed by atoms with Gasteiger partial charge in [-0.15, -0.1) is 0 Å². The number of nitrogens with two attached hydrogens (primary N) is 1. The van der Waals surface area contributed by atoms with Crippen molar-refractivity contribution in [1.29, 1.82) is 0 Å². The Hall–Kier alpha value is -3.51. The van der Waals surface area contributed by atoms with Crippen LogP contribution in [0.15, 0.2) is 48.5 Å². The SMILES string of the molecule is CC(C)[C@H](CC(=O)[C@@H](NC(=O)[C@@H](N)Cc1cccc(F)c1)c1ccc(OCC(=O)OC(C)(C)C)cc1)[C@H](O)C(F)(F)F. The highest BCUT2D eigenvalue weighted by atomic mass is 19.4. The Morgan fingerprint density at radius 1 is 1.02 bits per heavy atom. The van der Waals surface area contributed by atoms with Gasteiger partial charge < -0.3 is 25.6 Å². The van der Waals surface area contributed by atoms with Crippen molar-refractivity contribution in [2.45, 2.75) is 77.4 Å². The highest BCUT2D eigenvalue weighted by Gasteiger charge is 2.45. The minimum Gasteiger partial charge on any atom is -0.482 e. The number of carbonyl (C=O) groups excluding carboxylic acids is 3. The fourth-order valence-corrected chi connectivity index (χ4v) is 4.18. The van der Waals surface area contributed by atoms with Crippen LogP contribution in [0.5, 0.6) is 5.75 Å². The van der Waals surface area contributed by atoms with Crippen molar-refractivity contribution in [3.05, 3.63) is 65.5 Å². The van der Waals surface area contributed by atoms with Crippen molar-refractivity contribution >= 4 is 17.7 Å². The number of benzene rings is 2. The molecule has 0 saturated carbocycles. The molecule has 2 rings (SSSR count). The number of carbonyl (C=O) groups is 3. The molecule has 4 N–H and O–H groups in total. The van der Waals surface area contributed by atoms with E-state index >= 15 is 0 Å². The summed E-state index contributed by atoms with van der Waals surface area (Å²) in [6.45, 7) is 7.61. The molecule has 0 radical (unpaired) electrons. The van der Waals surface area contributed by atoms with Crippen molar-refractivity contribution < 1.29 is 46.5 Å². The molecule has 0 saturated heterocycles. The Morgan fingerprint density at radius 2 is 1.64 bits per heavy atom. The summed E-state index contributed by atoms with van der Waals surface area (Å²) in [4.78, 5) is 38.4. The lowest BCUT2D eigenvalue weighted by molar-refractivity contribution is -0.224. The van der Waals surface area contributed by atoms with Gasteiger partial charge in [-0.2, -0.15) is 13.2 Å². The summed E-state index contributed by atoms with van der Waals surface area (Å²) in [5.74, 6) is -4.68. The van der Waals surface area contributed by atoms with E-state index in [-0.39, 0.29) is 17.7 Å². The zero-order valence-corrected chi connectivity index (χ0v) is 24.2. The van der Waals surface area contributed by atoms with Gasteiger partial charge in [0.25, 0.3) is 0 Å². The molecule has 8 nitrogen and oxygen atoms in total. The number of amides is 1. The van der Waals surface area contributed by atoms with Crippen LogP contribution in [0.1, 0.15) is 58.2 Å². The molecular formula is C30H38F4N2O6. The van der Waals surface area contributed by atoms with Crippen LogP contribution in [-0.4, -0.2) is 53.3 Å². The number of aliphatic hydroxyl groups is 1. The number of halogens is 4. The molecule has 0 aliphatic carbocycles. The maximum Gasteiger partial charge on any atom is 0.414 e. The second kappa shape index (κ2) is 14.6.